The molecule has 84 valence electrons. The van der Waals surface area contributed by atoms with E-state index in [0.717, 1.165) is 12.8 Å². The number of rotatable bonds is 4. The van der Waals surface area contributed by atoms with E-state index in [9.17, 15) is 4.79 Å². The number of anilines is 1. The summed E-state index contributed by atoms with van der Waals surface area (Å²) in [6.07, 6.45) is 9.28. The first kappa shape index (κ1) is 10.6. The van der Waals surface area contributed by atoms with Crippen LogP contribution in [0.1, 0.15) is 12.8 Å². The van der Waals surface area contributed by atoms with Crippen LogP contribution in [-0.4, -0.2) is 28.5 Å². The SMILES string of the molecule is O=C(CNc1ncccn1)NC1CC=CC1. The van der Waals surface area contributed by atoms with E-state index >= 15 is 0 Å². The summed E-state index contributed by atoms with van der Waals surface area (Å²) in [6, 6.07) is 1.99. The number of nitrogens with one attached hydrogen (secondary N) is 2. The summed E-state index contributed by atoms with van der Waals surface area (Å²) in [5.41, 5.74) is 0. The van der Waals surface area contributed by atoms with E-state index in [1.165, 1.54) is 0 Å². The van der Waals surface area contributed by atoms with Gasteiger partial charge in [-0.05, 0) is 18.9 Å². The third kappa shape index (κ3) is 3.05. The van der Waals surface area contributed by atoms with Crippen LogP contribution in [0.5, 0.6) is 0 Å². The molecule has 0 bridgehead atoms. The lowest BCUT2D eigenvalue weighted by Crippen LogP contribution is -2.37. The van der Waals surface area contributed by atoms with Crippen LogP contribution >= 0.6 is 0 Å². The molecule has 1 aliphatic rings. The maximum Gasteiger partial charge on any atom is 0.239 e. The Hall–Kier alpha value is -1.91. The molecule has 0 unspecified atom stereocenters. The van der Waals surface area contributed by atoms with Crippen LogP contribution < -0.4 is 10.6 Å². The predicted molar refractivity (Wildman–Crippen MR) is 60.8 cm³/mol. The van der Waals surface area contributed by atoms with Gasteiger partial charge in [-0.3, -0.25) is 4.79 Å². The molecule has 1 amide bonds. The van der Waals surface area contributed by atoms with Gasteiger partial charge in [0.15, 0.2) is 0 Å². The largest absolute Gasteiger partial charge is 0.351 e. The lowest BCUT2D eigenvalue weighted by molar-refractivity contribution is -0.120. The molecule has 1 aromatic heterocycles. The van der Waals surface area contributed by atoms with Crippen LogP contribution in [-0.2, 0) is 4.79 Å². The van der Waals surface area contributed by atoms with E-state index in [-0.39, 0.29) is 18.5 Å². The van der Waals surface area contributed by atoms with Crippen molar-refractivity contribution in [3.63, 3.8) is 0 Å². The molecule has 0 fully saturated rings. The van der Waals surface area contributed by atoms with E-state index in [4.69, 9.17) is 0 Å². The zero-order valence-electron chi connectivity index (χ0n) is 8.89. The molecule has 1 aliphatic carbocycles. The smallest absolute Gasteiger partial charge is 0.239 e. The summed E-state index contributed by atoms with van der Waals surface area (Å²) in [4.78, 5) is 19.5. The molecule has 0 aromatic carbocycles. The molecule has 1 heterocycles. The summed E-state index contributed by atoms with van der Waals surface area (Å²) < 4.78 is 0. The van der Waals surface area contributed by atoms with Gasteiger partial charge in [-0.15, -0.1) is 0 Å². The molecule has 16 heavy (non-hydrogen) atoms. The fraction of sp³-hybridized carbons (Fsp3) is 0.364. The van der Waals surface area contributed by atoms with Crippen LogP contribution in [0.4, 0.5) is 5.95 Å². The Kier molecular flexibility index (Phi) is 3.48. The molecule has 1 aromatic rings. The van der Waals surface area contributed by atoms with Crippen LogP contribution in [0.3, 0.4) is 0 Å². The maximum absolute atomic E-state index is 11.5. The lowest BCUT2D eigenvalue weighted by Gasteiger charge is -2.12. The predicted octanol–water partition coefficient (Wildman–Crippen LogP) is 0.723. The van der Waals surface area contributed by atoms with Gasteiger partial charge in [-0.25, -0.2) is 9.97 Å². The molecule has 2 rings (SSSR count). The molecule has 0 saturated heterocycles. The molecule has 5 heteroatoms. The quantitative estimate of drug-likeness (QED) is 0.731. The minimum absolute atomic E-state index is 0.0267. The molecule has 0 atom stereocenters. The van der Waals surface area contributed by atoms with Crippen molar-refractivity contribution in [1.29, 1.82) is 0 Å². The fourth-order valence-corrected chi connectivity index (χ4v) is 1.56. The van der Waals surface area contributed by atoms with Gasteiger partial charge in [0.1, 0.15) is 0 Å². The summed E-state index contributed by atoms with van der Waals surface area (Å²) in [7, 11) is 0. The number of amides is 1. The van der Waals surface area contributed by atoms with Crippen molar-refractivity contribution in [2.75, 3.05) is 11.9 Å². The van der Waals surface area contributed by atoms with Crippen molar-refractivity contribution < 1.29 is 4.79 Å². The average Bonchev–Trinajstić information content (AvgIpc) is 2.81. The van der Waals surface area contributed by atoms with Gasteiger partial charge < -0.3 is 10.6 Å². The Morgan fingerprint density at radius 1 is 1.31 bits per heavy atom. The molecule has 0 spiro atoms. The standard InChI is InChI=1S/C11H14N4O/c16-10(15-9-4-1-2-5-9)8-14-11-12-6-3-7-13-11/h1-3,6-7,9H,4-5,8H2,(H,15,16)(H,12,13,14). The first-order chi connectivity index (χ1) is 7.84. The second-order valence-electron chi connectivity index (χ2n) is 3.63. The molecule has 0 radical (unpaired) electrons. The fourth-order valence-electron chi connectivity index (χ4n) is 1.56. The van der Waals surface area contributed by atoms with Crippen molar-refractivity contribution in [2.24, 2.45) is 0 Å². The highest BCUT2D eigenvalue weighted by molar-refractivity contribution is 5.80. The summed E-state index contributed by atoms with van der Waals surface area (Å²) in [5, 5.41) is 5.79. The monoisotopic (exact) mass is 218 g/mol. The first-order valence-electron chi connectivity index (χ1n) is 5.30. The Bertz CT molecular complexity index is 369. The van der Waals surface area contributed by atoms with Crippen LogP contribution in [0.25, 0.3) is 0 Å². The van der Waals surface area contributed by atoms with Crippen molar-refractivity contribution in [1.82, 2.24) is 15.3 Å². The Labute approximate surface area is 94.0 Å². The lowest BCUT2D eigenvalue weighted by atomic mass is 10.2. The van der Waals surface area contributed by atoms with Crippen LogP contribution in [0, 0.1) is 0 Å². The van der Waals surface area contributed by atoms with Gasteiger partial charge in [-0.1, -0.05) is 12.2 Å². The van der Waals surface area contributed by atoms with Crippen LogP contribution in [0.2, 0.25) is 0 Å². The van der Waals surface area contributed by atoms with Crippen LogP contribution in [0.15, 0.2) is 30.6 Å². The van der Waals surface area contributed by atoms with Gasteiger partial charge in [0.2, 0.25) is 11.9 Å². The second kappa shape index (κ2) is 5.25. The zero-order valence-corrected chi connectivity index (χ0v) is 8.89. The Balaban J connectivity index is 1.71. The minimum atomic E-state index is -0.0267. The molecule has 0 aliphatic heterocycles. The van der Waals surface area contributed by atoms with E-state index in [0.29, 0.717) is 5.95 Å². The molecular weight excluding hydrogens is 204 g/mol. The first-order valence-corrected chi connectivity index (χ1v) is 5.30. The highest BCUT2D eigenvalue weighted by Gasteiger charge is 2.12. The third-order valence-electron chi connectivity index (χ3n) is 2.35. The Morgan fingerprint density at radius 2 is 2.00 bits per heavy atom. The Morgan fingerprint density at radius 3 is 2.69 bits per heavy atom. The molecular formula is C11H14N4O. The zero-order chi connectivity index (χ0) is 11.2. The van der Waals surface area contributed by atoms with Crippen molar-refractivity contribution in [2.45, 2.75) is 18.9 Å². The van der Waals surface area contributed by atoms with E-state index in [1.54, 1.807) is 18.5 Å². The van der Waals surface area contributed by atoms with E-state index < -0.39 is 0 Å². The van der Waals surface area contributed by atoms with Crippen molar-refractivity contribution >= 4 is 11.9 Å². The highest BCUT2D eigenvalue weighted by Crippen LogP contribution is 2.08. The average molecular weight is 218 g/mol. The molecule has 2 N–H and O–H groups in total. The van der Waals surface area contributed by atoms with Gasteiger partial charge >= 0.3 is 0 Å². The normalized spacial score (nSPS) is 15.0. The molecule has 0 saturated carbocycles. The number of nitrogens with zero attached hydrogens (tertiary/aromatic N) is 2. The van der Waals surface area contributed by atoms with E-state index in [1.807, 2.05) is 0 Å². The minimum Gasteiger partial charge on any atom is -0.351 e. The van der Waals surface area contributed by atoms with Gasteiger partial charge in [0.25, 0.3) is 0 Å². The summed E-state index contributed by atoms with van der Waals surface area (Å²) in [5.74, 6) is 0.448. The maximum atomic E-state index is 11.5. The van der Waals surface area contributed by atoms with Crippen molar-refractivity contribution in [3.8, 4) is 0 Å². The number of hydrogen-bond donors (Lipinski definition) is 2. The topological polar surface area (TPSA) is 66.9 Å². The number of aromatic nitrogens is 2. The molecule has 5 nitrogen and oxygen atoms in total. The third-order valence-corrected chi connectivity index (χ3v) is 2.35. The van der Waals surface area contributed by atoms with Gasteiger partial charge in [0, 0.05) is 18.4 Å². The second-order valence-corrected chi connectivity index (χ2v) is 3.63. The highest BCUT2D eigenvalue weighted by atomic mass is 16.2. The van der Waals surface area contributed by atoms with E-state index in [2.05, 4.69) is 32.8 Å². The summed E-state index contributed by atoms with van der Waals surface area (Å²) in [6.45, 7) is 0.209. The number of hydrogen-bond acceptors (Lipinski definition) is 4. The summed E-state index contributed by atoms with van der Waals surface area (Å²) >= 11 is 0. The number of carbonyl (C=O) groups excluding carboxylic acids is 1. The van der Waals surface area contributed by atoms with Crippen molar-refractivity contribution in [3.05, 3.63) is 30.6 Å². The van der Waals surface area contributed by atoms with Gasteiger partial charge in [-0.2, -0.15) is 0 Å². The van der Waals surface area contributed by atoms with Gasteiger partial charge in [0.05, 0.1) is 6.54 Å². The number of carbonyl (C=O) groups is 1.